The van der Waals surface area contributed by atoms with E-state index in [0.29, 0.717) is 24.6 Å². The molecule has 2 rings (SSSR count). The van der Waals surface area contributed by atoms with E-state index in [0.717, 1.165) is 5.69 Å². The first-order chi connectivity index (χ1) is 12.9. The molecule has 0 unspecified atom stereocenters. The molecule has 0 atom stereocenters. The highest BCUT2D eigenvalue weighted by Crippen LogP contribution is 2.14. The van der Waals surface area contributed by atoms with Gasteiger partial charge in [0.15, 0.2) is 5.96 Å². The van der Waals surface area contributed by atoms with Gasteiger partial charge in [-0.1, -0.05) is 12.1 Å². The van der Waals surface area contributed by atoms with Gasteiger partial charge in [-0.2, -0.15) is 0 Å². The normalized spacial score (nSPS) is 11.5. The van der Waals surface area contributed by atoms with Crippen molar-refractivity contribution in [1.82, 2.24) is 15.6 Å². The number of aliphatic imine (C=N–C) groups is 1. The van der Waals surface area contributed by atoms with Gasteiger partial charge in [-0.25, -0.2) is 17.8 Å². The van der Waals surface area contributed by atoms with E-state index < -0.39 is 15.8 Å². The first-order valence-electron chi connectivity index (χ1n) is 8.58. The number of hydrogen-bond acceptors (Lipinski definition) is 4. The molecule has 0 saturated carbocycles. The molecule has 0 radical (unpaired) electrons. The first-order valence-corrected chi connectivity index (χ1v) is 10.2. The minimum absolute atomic E-state index is 0. The molecular formula is C18H25FIN5O2S. The molecule has 0 fully saturated rings. The SMILES string of the molecule is CCNC(=NCc1ccccn1)NCCS(=O)(=O)Nc1ccc(C)c(F)c1.I. The van der Waals surface area contributed by atoms with Gasteiger partial charge in [0.05, 0.1) is 23.7 Å². The number of guanidine groups is 1. The van der Waals surface area contributed by atoms with Crippen molar-refractivity contribution in [3.63, 3.8) is 0 Å². The molecule has 1 aromatic heterocycles. The number of sulfonamides is 1. The van der Waals surface area contributed by atoms with Crippen LogP contribution in [0, 0.1) is 12.7 Å². The molecule has 0 aliphatic heterocycles. The Labute approximate surface area is 182 Å². The lowest BCUT2D eigenvalue weighted by molar-refractivity contribution is 0.599. The molecule has 0 aliphatic rings. The quantitative estimate of drug-likeness (QED) is 0.282. The highest BCUT2D eigenvalue weighted by molar-refractivity contribution is 14.0. The summed E-state index contributed by atoms with van der Waals surface area (Å²) < 4.78 is 40.3. The van der Waals surface area contributed by atoms with E-state index in [-0.39, 0.29) is 42.0 Å². The summed E-state index contributed by atoms with van der Waals surface area (Å²) >= 11 is 0. The second kappa shape index (κ2) is 11.8. The second-order valence-electron chi connectivity index (χ2n) is 5.83. The lowest BCUT2D eigenvalue weighted by Gasteiger charge is -2.12. The molecular weight excluding hydrogens is 496 g/mol. The minimum atomic E-state index is -3.62. The Morgan fingerprint density at radius 1 is 1.21 bits per heavy atom. The Kier molecular flexibility index (Phi) is 10.1. The third-order valence-electron chi connectivity index (χ3n) is 3.58. The monoisotopic (exact) mass is 521 g/mol. The Morgan fingerprint density at radius 2 is 2.00 bits per heavy atom. The van der Waals surface area contributed by atoms with E-state index in [1.54, 1.807) is 13.1 Å². The summed E-state index contributed by atoms with van der Waals surface area (Å²) in [5.41, 5.74) is 1.47. The predicted molar refractivity (Wildman–Crippen MR) is 121 cm³/mol. The number of benzene rings is 1. The molecule has 2 aromatic rings. The van der Waals surface area contributed by atoms with Crippen LogP contribution < -0.4 is 15.4 Å². The van der Waals surface area contributed by atoms with Crippen molar-refractivity contribution in [1.29, 1.82) is 0 Å². The number of nitrogens with zero attached hydrogens (tertiary/aromatic N) is 2. The number of nitrogens with one attached hydrogen (secondary N) is 3. The van der Waals surface area contributed by atoms with Gasteiger partial charge in [-0.15, -0.1) is 24.0 Å². The van der Waals surface area contributed by atoms with Gasteiger partial charge in [-0.3, -0.25) is 9.71 Å². The molecule has 28 heavy (non-hydrogen) atoms. The van der Waals surface area contributed by atoms with Crippen LogP contribution in [-0.4, -0.2) is 38.2 Å². The molecule has 7 nitrogen and oxygen atoms in total. The van der Waals surface area contributed by atoms with Crippen molar-refractivity contribution in [2.75, 3.05) is 23.6 Å². The zero-order chi connectivity index (χ0) is 19.7. The van der Waals surface area contributed by atoms with Gasteiger partial charge in [0, 0.05) is 19.3 Å². The minimum Gasteiger partial charge on any atom is -0.357 e. The highest BCUT2D eigenvalue weighted by atomic mass is 127. The van der Waals surface area contributed by atoms with Crippen LogP contribution in [0.25, 0.3) is 0 Å². The maximum absolute atomic E-state index is 13.5. The summed E-state index contributed by atoms with van der Waals surface area (Å²) in [6.45, 7) is 4.70. The van der Waals surface area contributed by atoms with Crippen LogP contribution in [0.2, 0.25) is 0 Å². The molecule has 3 N–H and O–H groups in total. The molecule has 0 spiro atoms. The van der Waals surface area contributed by atoms with E-state index in [9.17, 15) is 12.8 Å². The Hall–Kier alpha value is -1.95. The topological polar surface area (TPSA) is 95.5 Å². The lowest BCUT2D eigenvalue weighted by Crippen LogP contribution is -2.40. The van der Waals surface area contributed by atoms with Gasteiger partial charge in [0.25, 0.3) is 0 Å². The fraction of sp³-hybridized carbons (Fsp3) is 0.333. The number of halogens is 2. The van der Waals surface area contributed by atoms with Gasteiger partial charge >= 0.3 is 0 Å². The van der Waals surface area contributed by atoms with E-state index in [1.165, 1.54) is 18.2 Å². The smallest absolute Gasteiger partial charge is 0.234 e. The van der Waals surface area contributed by atoms with Crippen LogP contribution in [0.1, 0.15) is 18.2 Å². The molecule has 0 bridgehead atoms. The lowest BCUT2D eigenvalue weighted by atomic mass is 10.2. The molecule has 0 saturated heterocycles. The summed E-state index contributed by atoms with van der Waals surface area (Å²) in [6.07, 6.45) is 1.69. The summed E-state index contributed by atoms with van der Waals surface area (Å²) in [5.74, 6) is -0.139. The standard InChI is InChI=1S/C18H24FN5O2S.HI/c1-3-20-18(23-13-16-6-4-5-9-21-16)22-10-11-27(25,26)24-15-8-7-14(2)17(19)12-15;/h4-9,12,24H,3,10-11,13H2,1-2H3,(H2,20,22,23);1H. The molecule has 1 aromatic carbocycles. The summed E-state index contributed by atoms with van der Waals surface area (Å²) in [4.78, 5) is 8.57. The number of aromatic nitrogens is 1. The number of hydrogen-bond donors (Lipinski definition) is 3. The van der Waals surface area contributed by atoms with Crippen LogP contribution in [0.4, 0.5) is 10.1 Å². The maximum atomic E-state index is 13.5. The van der Waals surface area contributed by atoms with E-state index in [1.807, 2.05) is 25.1 Å². The average molecular weight is 521 g/mol. The van der Waals surface area contributed by atoms with Crippen LogP contribution in [0.5, 0.6) is 0 Å². The summed E-state index contributed by atoms with van der Waals surface area (Å²) in [7, 11) is -3.62. The summed E-state index contributed by atoms with van der Waals surface area (Å²) in [6, 6.07) is 9.79. The third-order valence-corrected chi connectivity index (χ3v) is 4.87. The number of aryl methyl sites for hydroxylation is 1. The van der Waals surface area contributed by atoms with Gasteiger partial charge in [-0.05, 0) is 43.7 Å². The van der Waals surface area contributed by atoms with Crippen LogP contribution in [-0.2, 0) is 16.6 Å². The second-order valence-corrected chi connectivity index (χ2v) is 7.67. The van der Waals surface area contributed by atoms with Crippen molar-refractivity contribution in [3.05, 3.63) is 59.7 Å². The van der Waals surface area contributed by atoms with Crippen molar-refractivity contribution in [3.8, 4) is 0 Å². The van der Waals surface area contributed by atoms with E-state index in [2.05, 4.69) is 25.3 Å². The summed E-state index contributed by atoms with van der Waals surface area (Å²) in [5, 5.41) is 6.02. The highest BCUT2D eigenvalue weighted by Gasteiger charge is 2.12. The van der Waals surface area contributed by atoms with Crippen molar-refractivity contribution in [2.45, 2.75) is 20.4 Å². The predicted octanol–water partition coefficient (Wildman–Crippen LogP) is 2.64. The Balaban J connectivity index is 0.00000392. The van der Waals surface area contributed by atoms with E-state index >= 15 is 0 Å². The van der Waals surface area contributed by atoms with Gasteiger partial charge in [0.1, 0.15) is 5.82 Å². The molecule has 0 aliphatic carbocycles. The van der Waals surface area contributed by atoms with E-state index in [4.69, 9.17) is 0 Å². The fourth-order valence-electron chi connectivity index (χ4n) is 2.18. The number of anilines is 1. The van der Waals surface area contributed by atoms with Gasteiger partial charge < -0.3 is 10.6 Å². The zero-order valence-corrected chi connectivity index (χ0v) is 18.9. The largest absolute Gasteiger partial charge is 0.357 e. The zero-order valence-electron chi connectivity index (χ0n) is 15.8. The van der Waals surface area contributed by atoms with Crippen LogP contribution >= 0.6 is 24.0 Å². The third kappa shape index (κ3) is 8.38. The molecule has 154 valence electrons. The average Bonchev–Trinajstić information content (AvgIpc) is 2.63. The van der Waals surface area contributed by atoms with Crippen LogP contribution in [0.15, 0.2) is 47.6 Å². The van der Waals surface area contributed by atoms with Crippen molar-refractivity contribution in [2.24, 2.45) is 4.99 Å². The van der Waals surface area contributed by atoms with Gasteiger partial charge in [0.2, 0.25) is 10.0 Å². The number of rotatable bonds is 8. The Morgan fingerprint density at radius 3 is 2.64 bits per heavy atom. The maximum Gasteiger partial charge on any atom is 0.234 e. The van der Waals surface area contributed by atoms with Crippen molar-refractivity contribution >= 4 is 45.6 Å². The van der Waals surface area contributed by atoms with Crippen LogP contribution in [0.3, 0.4) is 0 Å². The van der Waals surface area contributed by atoms with Crippen molar-refractivity contribution < 1.29 is 12.8 Å². The molecule has 0 amide bonds. The Bertz CT molecular complexity index is 879. The fourth-order valence-corrected chi connectivity index (χ4v) is 3.14. The molecule has 10 heteroatoms. The first kappa shape index (κ1) is 24.1. The molecule has 1 heterocycles. The number of pyridine rings is 1.